The maximum Gasteiger partial charge on any atom is 0.335 e. The van der Waals surface area contributed by atoms with Gasteiger partial charge in [0.2, 0.25) is 0 Å². The standard InChI is InChI=1S/C8H6O4.CF3.Zn/c9-7(10)5-1-2-6(4-3-5)8(11)12;2-1(3)4;/h1-4H,(H,9,10)(H,11,12);;/q;-1;. The number of hydrogen-bond acceptors (Lipinski definition) is 2. The Hall–Kier alpha value is -1.43. The van der Waals surface area contributed by atoms with Gasteiger partial charge < -0.3 is 23.4 Å². The normalized spacial score (nSPS) is 8.71. The zero-order valence-corrected chi connectivity index (χ0v) is 11.3. The number of carbonyl (C=O) groups is 2. The summed E-state index contributed by atoms with van der Waals surface area (Å²) in [5.74, 6) is -2.13. The Morgan fingerprint density at radius 2 is 1.06 bits per heavy atom. The molecule has 1 aromatic carbocycles. The van der Waals surface area contributed by atoms with Gasteiger partial charge >= 0.3 is 11.9 Å². The second-order valence-electron chi connectivity index (χ2n) is 2.40. The van der Waals surface area contributed by atoms with Crippen LogP contribution in [-0.2, 0) is 19.5 Å². The molecule has 17 heavy (non-hydrogen) atoms. The van der Waals surface area contributed by atoms with Crippen molar-refractivity contribution in [1.29, 1.82) is 0 Å². The van der Waals surface area contributed by atoms with Gasteiger partial charge in [0.05, 0.1) is 11.1 Å². The van der Waals surface area contributed by atoms with Crippen molar-refractivity contribution in [1.82, 2.24) is 0 Å². The third-order valence-corrected chi connectivity index (χ3v) is 1.38. The second-order valence-corrected chi connectivity index (χ2v) is 2.40. The van der Waals surface area contributed by atoms with Gasteiger partial charge in [-0.05, 0) is 24.3 Å². The maximum atomic E-state index is 10.3. The van der Waals surface area contributed by atoms with Gasteiger partial charge in [-0.2, -0.15) is 0 Å². The molecule has 0 aromatic heterocycles. The Morgan fingerprint density at radius 3 is 1.18 bits per heavy atom. The third-order valence-electron chi connectivity index (χ3n) is 1.38. The molecule has 0 aliphatic rings. The van der Waals surface area contributed by atoms with Crippen LogP contribution >= 0.6 is 0 Å². The molecule has 0 saturated heterocycles. The van der Waals surface area contributed by atoms with E-state index in [1.165, 1.54) is 24.3 Å². The van der Waals surface area contributed by atoms with Gasteiger partial charge in [-0.25, -0.2) is 9.59 Å². The molecule has 4 nitrogen and oxygen atoms in total. The number of aromatic carboxylic acids is 2. The molecule has 0 fully saturated rings. The predicted octanol–water partition coefficient (Wildman–Crippen LogP) is 2.42. The topological polar surface area (TPSA) is 74.6 Å². The summed E-state index contributed by atoms with van der Waals surface area (Å²) in [6.07, 6.45) is 0. The quantitative estimate of drug-likeness (QED) is 0.650. The first-order valence-corrected chi connectivity index (χ1v) is 3.74. The molecule has 0 aliphatic heterocycles. The van der Waals surface area contributed by atoms with E-state index >= 15 is 0 Å². The minimum atomic E-state index is -3.08. The summed E-state index contributed by atoms with van der Waals surface area (Å²) < 4.78 is 28.8. The number of hydrogen-bond donors (Lipinski definition) is 2. The molecule has 2 N–H and O–H groups in total. The monoisotopic (exact) mass is 299 g/mol. The van der Waals surface area contributed by atoms with E-state index < -0.39 is 18.6 Å². The minimum Gasteiger partial charge on any atom is -0.478 e. The first kappa shape index (κ1) is 18.0. The Bertz CT molecular complexity index is 331. The van der Waals surface area contributed by atoms with E-state index in [1.54, 1.807) is 0 Å². The van der Waals surface area contributed by atoms with Crippen LogP contribution < -0.4 is 0 Å². The molecule has 0 saturated carbocycles. The minimum absolute atomic E-state index is 0. The fourth-order valence-electron chi connectivity index (χ4n) is 0.755. The van der Waals surface area contributed by atoms with Crippen LogP contribution in [0.4, 0.5) is 13.2 Å². The smallest absolute Gasteiger partial charge is 0.335 e. The summed E-state index contributed by atoms with van der Waals surface area (Å²) in [4.78, 5) is 20.7. The van der Waals surface area contributed by atoms with E-state index in [-0.39, 0.29) is 30.6 Å². The molecule has 8 heteroatoms. The van der Waals surface area contributed by atoms with Crippen molar-refractivity contribution in [3.63, 3.8) is 0 Å². The third kappa shape index (κ3) is 8.39. The van der Waals surface area contributed by atoms with Gasteiger partial charge in [0.15, 0.2) is 6.68 Å². The van der Waals surface area contributed by atoms with Crippen LogP contribution in [0.25, 0.3) is 0 Å². The summed E-state index contributed by atoms with van der Waals surface area (Å²) in [5.41, 5.74) is 0.167. The van der Waals surface area contributed by atoms with Crippen molar-refractivity contribution >= 4 is 11.9 Å². The number of carboxylic acid groups (broad SMARTS) is 2. The fraction of sp³-hybridized carbons (Fsp3) is 0. The maximum absolute atomic E-state index is 10.3. The van der Waals surface area contributed by atoms with Crippen molar-refractivity contribution < 1.29 is 52.5 Å². The molecular formula is C9H6F3O4Zn-. The van der Waals surface area contributed by atoms with Crippen LogP contribution in [-0.4, -0.2) is 22.2 Å². The molecule has 0 aliphatic carbocycles. The van der Waals surface area contributed by atoms with Crippen LogP contribution in [0.5, 0.6) is 0 Å². The van der Waals surface area contributed by atoms with E-state index in [1.807, 2.05) is 0 Å². The summed E-state index contributed by atoms with van der Waals surface area (Å²) >= 11 is 0. The Balaban J connectivity index is 0. The molecule has 0 unspecified atom stereocenters. The molecule has 0 spiro atoms. The largest absolute Gasteiger partial charge is 0.478 e. The van der Waals surface area contributed by atoms with Gasteiger partial charge in [0.25, 0.3) is 0 Å². The fourth-order valence-corrected chi connectivity index (χ4v) is 0.755. The van der Waals surface area contributed by atoms with Crippen LogP contribution in [0.3, 0.4) is 0 Å². The van der Waals surface area contributed by atoms with Gasteiger partial charge in [-0.3, -0.25) is 0 Å². The number of carboxylic acids is 2. The van der Waals surface area contributed by atoms with E-state index in [4.69, 9.17) is 10.2 Å². The van der Waals surface area contributed by atoms with Crippen LogP contribution in [0.15, 0.2) is 24.3 Å². The van der Waals surface area contributed by atoms with Crippen molar-refractivity contribution in [3.05, 3.63) is 42.1 Å². The second kappa shape index (κ2) is 8.69. The number of halogens is 3. The average molecular weight is 301 g/mol. The molecule has 90 valence electrons. The van der Waals surface area contributed by atoms with Crippen molar-refractivity contribution in [2.45, 2.75) is 0 Å². The van der Waals surface area contributed by atoms with E-state index in [0.29, 0.717) is 0 Å². The SMILES string of the molecule is F[C-](F)F.O=C(O)c1ccc(C(=O)O)cc1.[Zn]. The Morgan fingerprint density at radius 1 is 0.882 bits per heavy atom. The molecule has 0 atom stereocenters. The summed E-state index contributed by atoms with van der Waals surface area (Å²) in [7, 11) is 0. The van der Waals surface area contributed by atoms with E-state index in [0.717, 1.165) is 0 Å². The first-order chi connectivity index (χ1) is 7.34. The van der Waals surface area contributed by atoms with Crippen molar-refractivity contribution in [2.75, 3.05) is 0 Å². The predicted molar refractivity (Wildman–Crippen MR) is 46.9 cm³/mol. The molecule has 0 radical (unpaired) electrons. The first-order valence-electron chi connectivity index (χ1n) is 3.74. The van der Waals surface area contributed by atoms with Crippen LogP contribution in [0, 0.1) is 6.68 Å². The summed E-state index contributed by atoms with van der Waals surface area (Å²) in [6, 6.07) is 5.02. The Kier molecular flexibility index (Phi) is 9.18. The van der Waals surface area contributed by atoms with E-state index in [9.17, 15) is 22.8 Å². The molecule has 0 bridgehead atoms. The zero-order valence-electron chi connectivity index (χ0n) is 8.36. The molecule has 0 amide bonds. The molecular weight excluding hydrogens is 294 g/mol. The molecule has 1 aromatic rings. The number of rotatable bonds is 2. The average Bonchev–Trinajstić information content (AvgIpc) is 2.17. The van der Waals surface area contributed by atoms with Crippen molar-refractivity contribution in [2.24, 2.45) is 0 Å². The summed E-state index contributed by atoms with van der Waals surface area (Å²) in [5, 5.41) is 16.9. The van der Waals surface area contributed by atoms with Crippen LogP contribution in [0.1, 0.15) is 20.7 Å². The van der Waals surface area contributed by atoms with Crippen LogP contribution in [0.2, 0.25) is 0 Å². The van der Waals surface area contributed by atoms with Crippen molar-refractivity contribution in [3.8, 4) is 0 Å². The number of benzene rings is 1. The van der Waals surface area contributed by atoms with Gasteiger partial charge in [0, 0.05) is 19.5 Å². The van der Waals surface area contributed by atoms with Gasteiger partial charge in [0.1, 0.15) is 0 Å². The zero-order chi connectivity index (χ0) is 12.7. The Labute approximate surface area is 107 Å². The summed E-state index contributed by atoms with van der Waals surface area (Å²) in [6.45, 7) is -3.08. The molecule has 0 heterocycles. The van der Waals surface area contributed by atoms with E-state index in [2.05, 4.69) is 0 Å². The van der Waals surface area contributed by atoms with Gasteiger partial charge in [-0.15, -0.1) is 0 Å². The molecule has 1 rings (SSSR count). The van der Waals surface area contributed by atoms with Gasteiger partial charge in [-0.1, -0.05) is 0 Å².